The van der Waals surface area contributed by atoms with Crippen LogP contribution >= 0.6 is 0 Å². The monoisotopic (exact) mass is 256 g/mol. The Balaban J connectivity index is 2.33. The first-order valence-electron chi connectivity index (χ1n) is 7.17. The molecule has 2 N–H and O–H groups in total. The highest BCUT2D eigenvalue weighted by molar-refractivity contribution is 5.81. The topological polar surface area (TPSA) is 52.6 Å². The second kappa shape index (κ2) is 7.74. The molecule has 1 aliphatic heterocycles. The van der Waals surface area contributed by atoms with Gasteiger partial charge in [0.05, 0.1) is 6.04 Å². The lowest BCUT2D eigenvalue weighted by molar-refractivity contribution is -0.126. The van der Waals surface area contributed by atoms with Crippen molar-refractivity contribution < 1.29 is 9.90 Å². The summed E-state index contributed by atoms with van der Waals surface area (Å²) in [6.45, 7) is 9.09. The van der Waals surface area contributed by atoms with Gasteiger partial charge in [-0.1, -0.05) is 13.8 Å². The SMILES string of the molecule is CC(C)CCNC(=O)C(C)N1CCCC(CO)C1. The number of rotatable bonds is 6. The minimum atomic E-state index is -0.0773. The number of likely N-dealkylation sites (tertiary alicyclic amines) is 1. The molecule has 0 aromatic rings. The van der Waals surface area contributed by atoms with E-state index in [1.165, 1.54) is 0 Å². The van der Waals surface area contributed by atoms with Crippen molar-refractivity contribution >= 4 is 5.91 Å². The molecule has 4 heteroatoms. The lowest BCUT2D eigenvalue weighted by atomic mass is 9.97. The van der Waals surface area contributed by atoms with E-state index in [1.54, 1.807) is 0 Å². The van der Waals surface area contributed by atoms with E-state index in [9.17, 15) is 9.90 Å². The van der Waals surface area contributed by atoms with Gasteiger partial charge >= 0.3 is 0 Å². The summed E-state index contributed by atoms with van der Waals surface area (Å²) in [7, 11) is 0. The normalized spacial score (nSPS) is 23.1. The molecule has 0 aromatic heterocycles. The second-order valence-corrected chi connectivity index (χ2v) is 5.84. The zero-order valence-corrected chi connectivity index (χ0v) is 12.0. The number of piperidine rings is 1. The van der Waals surface area contributed by atoms with E-state index in [0.29, 0.717) is 11.8 Å². The van der Waals surface area contributed by atoms with Gasteiger partial charge in [-0.05, 0) is 44.6 Å². The van der Waals surface area contributed by atoms with Crippen molar-refractivity contribution in [1.29, 1.82) is 0 Å². The van der Waals surface area contributed by atoms with Crippen LogP contribution in [-0.4, -0.2) is 48.2 Å². The Bertz CT molecular complexity index is 256. The van der Waals surface area contributed by atoms with Crippen LogP contribution in [0, 0.1) is 11.8 Å². The molecule has 1 aliphatic rings. The molecule has 1 rings (SSSR count). The third-order valence-corrected chi connectivity index (χ3v) is 3.76. The van der Waals surface area contributed by atoms with Gasteiger partial charge in [-0.15, -0.1) is 0 Å². The lowest BCUT2D eigenvalue weighted by Crippen LogP contribution is -2.49. The van der Waals surface area contributed by atoms with Crippen LogP contribution in [0.5, 0.6) is 0 Å². The quantitative estimate of drug-likeness (QED) is 0.752. The second-order valence-electron chi connectivity index (χ2n) is 5.84. The van der Waals surface area contributed by atoms with E-state index in [2.05, 4.69) is 24.1 Å². The van der Waals surface area contributed by atoms with Crippen molar-refractivity contribution in [2.75, 3.05) is 26.2 Å². The molecular formula is C14H28N2O2. The van der Waals surface area contributed by atoms with Gasteiger partial charge in [0.1, 0.15) is 0 Å². The summed E-state index contributed by atoms with van der Waals surface area (Å²) in [5.74, 6) is 1.08. The molecule has 1 amide bonds. The summed E-state index contributed by atoms with van der Waals surface area (Å²) in [6.07, 6.45) is 3.18. The number of nitrogens with one attached hydrogen (secondary N) is 1. The Kier molecular flexibility index (Phi) is 6.65. The van der Waals surface area contributed by atoms with Crippen molar-refractivity contribution in [3.05, 3.63) is 0 Å². The highest BCUT2D eigenvalue weighted by atomic mass is 16.3. The van der Waals surface area contributed by atoms with Gasteiger partial charge < -0.3 is 10.4 Å². The van der Waals surface area contributed by atoms with Crippen LogP contribution < -0.4 is 5.32 Å². The van der Waals surface area contributed by atoms with Crippen LogP contribution in [0.3, 0.4) is 0 Å². The predicted octanol–water partition coefficient (Wildman–Crippen LogP) is 1.24. The van der Waals surface area contributed by atoms with Gasteiger partial charge in [-0.2, -0.15) is 0 Å². The van der Waals surface area contributed by atoms with Crippen LogP contribution in [-0.2, 0) is 4.79 Å². The van der Waals surface area contributed by atoms with Gasteiger partial charge in [0, 0.05) is 19.7 Å². The van der Waals surface area contributed by atoms with Gasteiger partial charge in [0.25, 0.3) is 0 Å². The van der Waals surface area contributed by atoms with Crippen LogP contribution in [0.1, 0.15) is 40.0 Å². The number of hydrogen-bond donors (Lipinski definition) is 2. The molecule has 0 spiro atoms. The van der Waals surface area contributed by atoms with E-state index in [-0.39, 0.29) is 18.6 Å². The van der Waals surface area contributed by atoms with Gasteiger partial charge in [0.2, 0.25) is 5.91 Å². The first kappa shape index (κ1) is 15.4. The number of carbonyl (C=O) groups is 1. The minimum absolute atomic E-state index is 0.0773. The molecule has 4 nitrogen and oxygen atoms in total. The van der Waals surface area contributed by atoms with E-state index in [1.807, 2.05) is 6.92 Å². The Hall–Kier alpha value is -0.610. The third-order valence-electron chi connectivity index (χ3n) is 3.76. The van der Waals surface area contributed by atoms with Crippen molar-refractivity contribution in [1.82, 2.24) is 10.2 Å². The van der Waals surface area contributed by atoms with Crippen LogP contribution in [0.2, 0.25) is 0 Å². The van der Waals surface area contributed by atoms with Crippen LogP contribution in [0.4, 0.5) is 0 Å². The summed E-state index contributed by atoms with van der Waals surface area (Å²) >= 11 is 0. The minimum Gasteiger partial charge on any atom is -0.396 e. The molecule has 0 bridgehead atoms. The van der Waals surface area contributed by atoms with Crippen molar-refractivity contribution in [2.45, 2.75) is 46.1 Å². The molecule has 0 aromatic carbocycles. The lowest BCUT2D eigenvalue weighted by Gasteiger charge is -2.35. The smallest absolute Gasteiger partial charge is 0.237 e. The number of carbonyl (C=O) groups excluding carboxylic acids is 1. The first-order valence-corrected chi connectivity index (χ1v) is 7.17. The average Bonchev–Trinajstić information content (AvgIpc) is 2.37. The highest BCUT2D eigenvalue weighted by Crippen LogP contribution is 2.17. The molecular weight excluding hydrogens is 228 g/mol. The molecule has 0 radical (unpaired) electrons. The summed E-state index contributed by atoms with van der Waals surface area (Å²) in [4.78, 5) is 14.2. The largest absolute Gasteiger partial charge is 0.396 e. The van der Waals surface area contributed by atoms with Gasteiger partial charge in [0.15, 0.2) is 0 Å². The molecule has 0 saturated carbocycles. The fourth-order valence-electron chi connectivity index (χ4n) is 2.40. The highest BCUT2D eigenvalue weighted by Gasteiger charge is 2.26. The number of hydrogen-bond acceptors (Lipinski definition) is 3. The summed E-state index contributed by atoms with van der Waals surface area (Å²) in [6, 6.07) is -0.0773. The Labute approximate surface area is 111 Å². The van der Waals surface area contributed by atoms with E-state index in [0.717, 1.165) is 38.9 Å². The predicted molar refractivity (Wildman–Crippen MR) is 73.3 cm³/mol. The fourth-order valence-corrected chi connectivity index (χ4v) is 2.40. The maximum atomic E-state index is 12.0. The Morgan fingerprint density at radius 2 is 2.17 bits per heavy atom. The van der Waals surface area contributed by atoms with Crippen molar-refractivity contribution in [3.63, 3.8) is 0 Å². The maximum absolute atomic E-state index is 12.0. The van der Waals surface area contributed by atoms with E-state index in [4.69, 9.17) is 0 Å². The van der Waals surface area contributed by atoms with Gasteiger partial charge in [-0.25, -0.2) is 0 Å². The fraction of sp³-hybridized carbons (Fsp3) is 0.929. The van der Waals surface area contributed by atoms with Crippen molar-refractivity contribution in [3.8, 4) is 0 Å². The average molecular weight is 256 g/mol. The maximum Gasteiger partial charge on any atom is 0.237 e. The molecule has 18 heavy (non-hydrogen) atoms. The first-order chi connectivity index (χ1) is 8.54. The summed E-state index contributed by atoms with van der Waals surface area (Å²) in [5, 5.41) is 12.2. The van der Waals surface area contributed by atoms with Gasteiger partial charge in [-0.3, -0.25) is 9.69 Å². The number of aliphatic hydroxyl groups is 1. The third kappa shape index (κ3) is 4.94. The summed E-state index contributed by atoms with van der Waals surface area (Å²) in [5.41, 5.74) is 0. The van der Waals surface area contributed by atoms with Crippen LogP contribution in [0.15, 0.2) is 0 Å². The molecule has 1 heterocycles. The number of aliphatic hydroxyl groups excluding tert-OH is 1. The summed E-state index contributed by atoms with van der Waals surface area (Å²) < 4.78 is 0. The van der Waals surface area contributed by atoms with Crippen molar-refractivity contribution in [2.24, 2.45) is 11.8 Å². The zero-order chi connectivity index (χ0) is 13.5. The molecule has 1 fully saturated rings. The Morgan fingerprint density at radius 1 is 1.44 bits per heavy atom. The molecule has 1 saturated heterocycles. The standard InChI is InChI=1S/C14H28N2O2/c1-11(2)6-7-15-14(18)12(3)16-8-4-5-13(9-16)10-17/h11-13,17H,4-10H2,1-3H3,(H,15,18). The molecule has 2 unspecified atom stereocenters. The zero-order valence-electron chi connectivity index (χ0n) is 12.0. The van der Waals surface area contributed by atoms with E-state index < -0.39 is 0 Å². The number of amides is 1. The molecule has 106 valence electrons. The van der Waals surface area contributed by atoms with Crippen LogP contribution in [0.25, 0.3) is 0 Å². The molecule has 2 atom stereocenters. The molecule has 0 aliphatic carbocycles. The Morgan fingerprint density at radius 3 is 2.78 bits per heavy atom. The number of nitrogens with zero attached hydrogens (tertiary/aromatic N) is 1. The van der Waals surface area contributed by atoms with E-state index >= 15 is 0 Å².